The van der Waals surface area contributed by atoms with Crippen LogP contribution in [0.2, 0.25) is 0 Å². The number of likely N-dealkylation sites (N-methyl/N-ethyl adjacent to an activating group) is 1. The molecule has 0 spiro atoms. The number of cyclic esters (lactones) is 1. The first-order valence-corrected chi connectivity index (χ1v) is 19.8. The lowest BCUT2D eigenvalue weighted by Gasteiger charge is -2.48. The summed E-state index contributed by atoms with van der Waals surface area (Å²) in [6, 6.07) is 9.18. The molecule has 3 fully saturated rings. The Morgan fingerprint density at radius 3 is 2.33 bits per heavy atom. The Balaban J connectivity index is 1.70. The van der Waals surface area contributed by atoms with Crippen molar-refractivity contribution in [2.45, 2.75) is 147 Å². The van der Waals surface area contributed by atoms with Crippen LogP contribution in [-0.2, 0) is 44.5 Å². The molecule has 1 aromatic carbocycles. The van der Waals surface area contributed by atoms with Crippen LogP contribution in [0.1, 0.15) is 80.2 Å². The Hall–Kier alpha value is -2.82. The van der Waals surface area contributed by atoms with Crippen molar-refractivity contribution < 1.29 is 53.4 Å². The number of fused-ring (bicyclic) bond motifs is 4. The van der Waals surface area contributed by atoms with Gasteiger partial charge < -0.3 is 48.7 Å². The Labute approximate surface area is 325 Å². The summed E-state index contributed by atoms with van der Waals surface area (Å²) in [5.74, 6) is -4.29. The van der Waals surface area contributed by atoms with Gasteiger partial charge in [0.1, 0.15) is 23.5 Å². The van der Waals surface area contributed by atoms with Gasteiger partial charge in [0.05, 0.1) is 49.1 Å². The van der Waals surface area contributed by atoms with Crippen LogP contribution in [0.4, 0.5) is 0 Å². The largest absolute Gasteiger partial charge is 0.459 e. The monoisotopic (exact) mass is 773 g/mol. The van der Waals surface area contributed by atoms with Gasteiger partial charge in [0.25, 0.3) is 5.91 Å². The first-order chi connectivity index (χ1) is 25.9. The molecule has 4 aliphatic rings. The molecule has 15 atom stereocenters. The maximum Gasteiger partial charge on any atom is 0.311 e. The van der Waals surface area contributed by atoms with E-state index in [4.69, 9.17) is 33.5 Å². The lowest BCUT2D eigenvalue weighted by molar-refractivity contribution is -0.302. The Kier molecular flexibility index (Phi) is 14.0. The van der Waals surface area contributed by atoms with Crippen molar-refractivity contribution in [2.75, 3.05) is 27.3 Å². The molecule has 4 bridgehead atoms. The Morgan fingerprint density at radius 2 is 1.67 bits per heavy atom. The van der Waals surface area contributed by atoms with Crippen LogP contribution in [0.15, 0.2) is 40.5 Å². The van der Waals surface area contributed by atoms with Gasteiger partial charge in [-0.3, -0.25) is 9.59 Å². The SMILES string of the molecule is CC[C@H]1OC(=O)[C@H](C)[C@@H](O)[C@H](C)[C@@H](O[C@@H]2O[C@H](C)C[C@H](N(C)C)[C@H]2O)[C@@]2(C)C[C@@H](C)C3=NC(=O)[C@@H](Cc4ccccc4)O/N=C(/CO[C@H]([C@H]3C)[C@]1(C)O)CO2. The molecule has 1 amide bonds. The van der Waals surface area contributed by atoms with E-state index >= 15 is 0 Å². The minimum atomic E-state index is -1.78. The van der Waals surface area contributed by atoms with E-state index in [-0.39, 0.29) is 44.6 Å². The van der Waals surface area contributed by atoms with Crippen LogP contribution in [0.5, 0.6) is 0 Å². The highest BCUT2D eigenvalue weighted by molar-refractivity contribution is 6.00. The van der Waals surface area contributed by atoms with Gasteiger partial charge in [0.2, 0.25) is 6.10 Å². The number of hydrogen-bond acceptors (Lipinski definition) is 13. The highest BCUT2D eigenvalue weighted by Gasteiger charge is 2.53. The van der Waals surface area contributed by atoms with Gasteiger partial charge in [0.15, 0.2) is 6.29 Å². The molecule has 0 radical (unpaired) electrons. The van der Waals surface area contributed by atoms with Gasteiger partial charge in [-0.05, 0) is 72.5 Å². The first-order valence-electron chi connectivity index (χ1n) is 19.8. The average Bonchev–Trinajstić information content (AvgIpc) is 3.17. The topological polar surface area (TPSA) is 178 Å². The molecule has 4 heterocycles. The number of aliphatic hydroxyl groups excluding tert-OH is 2. The first kappa shape index (κ1) is 43.3. The lowest BCUT2D eigenvalue weighted by Crippen LogP contribution is -2.60. The highest BCUT2D eigenvalue weighted by Crippen LogP contribution is 2.41. The van der Waals surface area contributed by atoms with Crippen LogP contribution in [0.25, 0.3) is 0 Å². The number of hydrogen-bond donors (Lipinski definition) is 3. The number of rotatable bonds is 6. The average molecular weight is 774 g/mol. The van der Waals surface area contributed by atoms with Gasteiger partial charge in [-0.1, -0.05) is 63.2 Å². The van der Waals surface area contributed by atoms with Crippen LogP contribution in [0, 0.1) is 23.7 Å². The third-order valence-corrected chi connectivity index (χ3v) is 12.1. The van der Waals surface area contributed by atoms with Crippen molar-refractivity contribution in [1.82, 2.24) is 4.90 Å². The molecule has 4 aliphatic heterocycles. The number of aliphatic hydroxyl groups is 3. The number of carbonyl (C=O) groups is 2. The van der Waals surface area contributed by atoms with Crippen molar-refractivity contribution in [1.29, 1.82) is 0 Å². The zero-order valence-corrected chi connectivity index (χ0v) is 34.1. The second kappa shape index (κ2) is 17.8. The van der Waals surface area contributed by atoms with Crippen molar-refractivity contribution in [2.24, 2.45) is 33.8 Å². The maximum atomic E-state index is 14.2. The zero-order valence-electron chi connectivity index (χ0n) is 34.1. The second-order valence-corrected chi connectivity index (χ2v) is 16.9. The number of ether oxygens (including phenoxy) is 5. The molecular formula is C41H63N3O11. The predicted molar refractivity (Wildman–Crippen MR) is 204 cm³/mol. The fraction of sp³-hybridized carbons (Fsp3) is 0.756. The van der Waals surface area contributed by atoms with E-state index in [1.54, 1.807) is 27.7 Å². The highest BCUT2D eigenvalue weighted by atomic mass is 16.7. The zero-order chi connectivity index (χ0) is 40.4. The molecular weight excluding hydrogens is 710 g/mol. The van der Waals surface area contributed by atoms with Gasteiger partial charge in [-0.15, -0.1) is 0 Å². The molecule has 0 aliphatic carbocycles. The molecule has 3 saturated heterocycles. The summed E-state index contributed by atoms with van der Waals surface area (Å²) in [7, 11) is 3.77. The summed E-state index contributed by atoms with van der Waals surface area (Å²) < 4.78 is 32.5. The van der Waals surface area contributed by atoms with Gasteiger partial charge in [-0.25, -0.2) is 4.99 Å². The number of aliphatic imine (C=N–C) groups is 1. The Bertz CT molecular complexity index is 1540. The number of nitrogens with zero attached hydrogens (tertiary/aromatic N) is 3. The van der Waals surface area contributed by atoms with E-state index in [0.29, 0.717) is 17.8 Å². The van der Waals surface area contributed by atoms with E-state index < -0.39 is 89.7 Å². The summed E-state index contributed by atoms with van der Waals surface area (Å²) in [6.45, 7) is 13.9. The molecule has 14 heteroatoms. The van der Waals surface area contributed by atoms with Crippen LogP contribution < -0.4 is 0 Å². The molecule has 14 nitrogen and oxygen atoms in total. The van der Waals surface area contributed by atoms with Gasteiger partial charge in [0, 0.05) is 30.0 Å². The third kappa shape index (κ3) is 9.50. The van der Waals surface area contributed by atoms with E-state index in [1.165, 1.54) is 0 Å². The Morgan fingerprint density at radius 1 is 0.982 bits per heavy atom. The molecule has 0 aromatic heterocycles. The van der Waals surface area contributed by atoms with Crippen LogP contribution in [0.3, 0.4) is 0 Å². The standard InChI is InChI=1S/C41H63N3O11/c1-11-31-41(8,49)36-24(4)32-22(2)19-40(7,51-21-28(20-50-36)43-55-30(37(47)42-32)18-27-15-13-12-14-16-27)35(25(5)33(45)26(6)38(48)53-31)54-39-34(46)29(44(9)10)17-23(3)52-39/h12-16,22-26,29-31,33-36,39,45-46,49H,11,17-21H2,1-10H3/b42-32?,43-28-/t22-,23-,24+,25+,26-,29+,30-,31-,33+,34-,35-,36-,39+,40-,41-/m1/s1. The van der Waals surface area contributed by atoms with Crippen molar-refractivity contribution in [3.05, 3.63) is 35.9 Å². The van der Waals surface area contributed by atoms with Gasteiger partial charge >= 0.3 is 5.97 Å². The molecule has 308 valence electrons. The van der Waals surface area contributed by atoms with Crippen LogP contribution in [-0.4, -0.2) is 137 Å². The summed E-state index contributed by atoms with van der Waals surface area (Å²) in [5.41, 5.74) is -1.49. The van der Waals surface area contributed by atoms with Gasteiger partial charge in [-0.2, -0.15) is 0 Å². The smallest absolute Gasteiger partial charge is 0.311 e. The maximum absolute atomic E-state index is 14.2. The second-order valence-electron chi connectivity index (χ2n) is 16.9. The van der Waals surface area contributed by atoms with Crippen molar-refractivity contribution >= 4 is 23.3 Å². The summed E-state index contributed by atoms with van der Waals surface area (Å²) in [6.07, 6.45) is -6.67. The fourth-order valence-corrected chi connectivity index (χ4v) is 8.91. The minimum Gasteiger partial charge on any atom is -0.459 e. The predicted octanol–water partition coefficient (Wildman–Crippen LogP) is 3.32. The number of oxime groups is 1. The van der Waals surface area contributed by atoms with Crippen molar-refractivity contribution in [3.8, 4) is 0 Å². The summed E-state index contributed by atoms with van der Waals surface area (Å²) >= 11 is 0. The van der Waals surface area contributed by atoms with E-state index in [2.05, 4.69) is 5.16 Å². The number of esters is 1. The quantitative estimate of drug-likeness (QED) is 0.360. The fourth-order valence-electron chi connectivity index (χ4n) is 8.91. The van der Waals surface area contributed by atoms with E-state index in [0.717, 1.165) is 5.56 Å². The number of carbonyl (C=O) groups excluding carboxylic acids is 2. The van der Waals surface area contributed by atoms with Crippen LogP contribution >= 0.6 is 0 Å². The molecule has 55 heavy (non-hydrogen) atoms. The van der Waals surface area contributed by atoms with E-state index in [9.17, 15) is 24.9 Å². The molecule has 0 saturated carbocycles. The molecule has 5 rings (SSSR count). The lowest BCUT2D eigenvalue weighted by atomic mass is 9.73. The molecule has 0 unspecified atom stereocenters. The third-order valence-electron chi connectivity index (χ3n) is 12.1. The van der Waals surface area contributed by atoms with E-state index in [1.807, 2.05) is 77.0 Å². The molecule has 3 N–H and O–H groups in total. The summed E-state index contributed by atoms with van der Waals surface area (Å²) in [5, 5.41) is 40.4. The number of amides is 1. The summed E-state index contributed by atoms with van der Waals surface area (Å²) in [4.78, 5) is 40.8. The minimum absolute atomic E-state index is 0.138. The molecule has 1 aromatic rings. The normalized spacial score (nSPS) is 43.3. The van der Waals surface area contributed by atoms with Crippen molar-refractivity contribution in [3.63, 3.8) is 0 Å². The number of benzene rings is 1.